The standard InChI is InChI=1S/C14H14O4.C13H14O3/c1-16-12-8-11(14(15)18-3)13(17-2)10-7-5-4-6-9(10)12;1-15-12-7-9(8-14)13(16-2)11-6-4-3-5-10(11)12/h4-8H,1-3H3;3-7,14H,8H2,1-2H3. The van der Waals surface area contributed by atoms with Gasteiger partial charge in [0.15, 0.2) is 0 Å². The number of hydrogen-bond donors (Lipinski definition) is 1. The summed E-state index contributed by atoms with van der Waals surface area (Å²) in [5.41, 5.74) is 1.09. The van der Waals surface area contributed by atoms with E-state index in [4.69, 9.17) is 23.7 Å². The van der Waals surface area contributed by atoms with Crippen LogP contribution in [0.2, 0.25) is 0 Å². The third kappa shape index (κ3) is 4.70. The third-order valence-electron chi connectivity index (χ3n) is 5.42. The highest BCUT2D eigenvalue weighted by molar-refractivity contribution is 6.04. The van der Waals surface area contributed by atoms with Gasteiger partial charge in [-0.2, -0.15) is 0 Å². The van der Waals surface area contributed by atoms with Gasteiger partial charge in [0, 0.05) is 27.1 Å². The van der Waals surface area contributed by atoms with E-state index in [1.54, 1.807) is 33.5 Å². The molecule has 7 heteroatoms. The molecule has 0 amide bonds. The molecule has 0 spiro atoms. The summed E-state index contributed by atoms with van der Waals surface area (Å²) in [5, 5.41) is 12.9. The van der Waals surface area contributed by atoms with Crippen LogP contribution in [0.25, 0.3) is 21.5 Å². The minimum absolute atomic E-state index is 0.0651. The van der Waals surface area contributed by atoms with Crippen LogP contribution in [0, 0.1) is 0 Å². The maximum absolute atomic E-state index is 11.7. The number of rotatable bonds is 6. The van der Waals surface area contributed by atoms with Crippen molar-refractivity contribution in [3.8, 4) is 23.0 Å². The smallest absolute Gasteiger partial charge is 0.341 e. The molecule has 4 aromatic carbocycles. The molecular weight excluding hydrogens is 436 g/mol. The Morgan fingerprint density at radius 1 is 0.676 bits per heavy atom. The number of fused-ring (bicyclic) bond motifs is 2. The summed E-state index contributed by atoms with van der Waals surface area (Å²) >= 11 is 0. The van der Waals surface area contributed by atoms with Crippen molar-refractivity contribution in [1.82, 2.24) is 0 Å². The maximum Gasteiger partial charge on any atom is 0.341 e. The number of esters is 1. The van der Waals surface area contributed by atoms with Gasteiger partial charge < -0.3 is 28.8 Å². The average molecular weight is 465 g/mol. The first-order chi connectivity index (χ1) is 16.5. The van der Waals surface area contributed by atoms with Crippen LogP contribution >= 0.6 is 0 Å². The predicted octanol–water partition coefficient (Wildman–Crippen LogP) is 4.99. The molecule has 178 valence electrons. The number of carbonyl (C=O) groups excluding carboxylic acids is 1. The van der Waals surface area contributed by atoms with E-state index < -0.39 is 5.97 Å². The molecule has 0 aliphatic rings. The second-order valence-corrected chi connectivity index (χ2v) is 7.17. The van der Waals surface area contributed by atoms with E-state index in [1.807, 2.05) is 48.5 Å². The molecule has 0 fully saturated rings. The molecule has 0 saturated heterocycles. The molecule has 0 aromatic heterocycles. The predicted molar refractivity (Wildman–Crippen MR) is 131 cm³/mol. The lowest BCUT2D eigenvalue weighted by molar-refractivity contribution is 0.0597. The molecule has 0 aliphatic carbocycles. The highest BCUT2D eigenvalue weighted by Crippen LogP contribution is 2.37. The fourth-order valence-corrected chi connectivity index (χ4v) is 3.86. The zero-order chi connectivity index (χ0) is 24.7. The van der Waals surface area contributed by atoms with Gasteiger partial charge in [0.25, 0.3) is 0 Å². The molecule has 0 heterocycles. The van der Waals surface area contributed by atoms with E-state index in [9.17, 15) is 9.90 Å². The van der Waals surface area contributed by atoms with Gasteiger partial charge in [0.2, 0.25) is 0 Å². The van der Waals surface area contributed by atoms with E-state index in [0.717, 1.165) is 32.9 Å². The summed E-state index contributed by atoms with van der Waals surface area (Å²) in [5.74, 6) is 2.13. The number of hydrogen-bond acceptors (Lipinski definition) is 7. The minimum Gasteiger partial charge on any atom is -0.496 e. The van der Waals surface area contributed by atoms with Gasteiger partial charge in [-0.1, -0.05) is 48.5 Å². The Morgan fingerprint density at radius 2 is 1.15 bits per heavy atom. The lowest BCUT2D eigenvalue weighted by Crippen LogP contribution is -2.05. The number of ether oxygens (including phenoxy) is 5. The van der Waals surface area contributed by atoms with Crippen LogP contribution in [0.4, 0.5) is 0 Å². The molecule has 0 aliphatic heterocycles. The molecule has 4 aromatic rings. The Bertz CT molecular complexity index is 1300. The summed E-state index contributed by atoms with van der Waals surface area (Å²) < 4.78 is 26.0. The van der Waals surface area contributed by atoms with Crippen molar-refractivity contribution >= 4 is 27.5 Å². The maximum atomic E-state index is 11.7. The second-order valence-electron chi connectivity index (χ2n) is 7.17. The zero-order valence-corrected chi connectivity index (χ0v) is 19.9. The summed E-state index contributed by atoms with van der Waals surface area (Å²) in [6.45, 7) is -0.0651. The van der Waals surface area contributed by atoms with Gasteiger partial charge in [-0.15, -0.1) is 0 Å². The van der Waals surface area contributed by atoms with Crippen molar-refractivity contribution in [2.24, 2.45) is 0 Å². The second kappa shape index (κ2) is 11.2. The Hall–Kier alpha value is -3.97. The topological polar surface area (TPSA) is 83.5 Å². The molecule has 0 unspecified atom stereocenters. The third-order valence-corrected chi connectivity index (χ3v) is 5.42. The summed E-state index contributed by atoms with van der Waals surface area (Å²) in [6.07, 6.45) is 0. The normalized spacial score (nSPS) is 10.3. The number of aliphatic hydroxyl groups excluding tert-OH is 1. The first-order valence-corrected chi connectivity index (χ1v) is 10.5. The van der Waals surface area contributed by atoms with Crippen molar-refractivity contribution in [2.75, 3.05) is 35.5 Å². The Kier molecular flexibility index (Phi) is 8.16. The SMILES string of the molecule is COC(=O)c1cc(OC)c2ccccc2c1OC.COc1cc(CO)c(OC)c2ccccc12. The fourth-order valence-electron chi connectivity index (χ4n) is 3.86. The van der Waals surface area contributed by atoms with Crippen molar-refractivity contribution in [3.05, 3.63) is 71.8 Å². The van der Waals surface area contributed by atoms with E-state index in [0.29, 0.717) is 22.8 Å². The summed E-state index contributed by atoms with van der Waals surface area (Å²) in [7, 11) is 7.66. The van der Waals surface area contributed by atoms with Gasteiger partial charge in [-0.3, -0.25) is 0 Å². The molecule has 4 rings (SSSR count). The van der Waals surface area contributed by atoms with E-state index in [-0.39, 0.29) is 6.61 Å². The van der Waals surface area contributed by atoms with Crippen LogP contribution in [0.5, 0.6) is 23.0 Å². The molecule has 0 radical (unpaired) electrons. The van der Waals surface area contributed by atoms with Crippen LogP contribution in [0.3, 0.4) is 0 Å². The van der Waals surface area contributed by atoms with Crippen LogP contribution in [0.15, 0.2) is 60.7 Å². The first-order valence-electron chi connectivity index (χ1n) is 10.5. The van der Waals surface area contributed by atoms with E-state index in [1.165, 1.54) is 14.2 Å². The monoisotopic (exact) mass is 464 g/mol. The van der Waals surface area contributed by atoms with E-state index in [2.05, 4.69) is 0 Å². The Labute approximate surface area is 198 Å². The van der Waals surface area contributed by atoms with Crippen LogP contribution in [-0.4, -0.2) is 46.6 Å². The molecule has 0 bridgehead atoms. The van der Waals surface area contributed by atoms with E-state index >= 15 is 0 Å². The molecule has 7 nitrogen and oxygen atoms in total. The van der Waals surface area contributed by atoms with Crippen molar-refractivity contribution in [1.29, 1.82) is 0 Å². The lowest BCUT2D eigenvalue weighted by Gasteiger charge is -2.13. The molecule has 34 heavy (non-hydrogen) atoms. The van der Waals surface area contributed by atoms with Gasteiger partial charge in [-0.25, -0.2) is 4.79 Å². The zero-order valence-electron chi connectivity index (χ0n) is 19.9. The molecule has 0 atom stereocenters. The number of aliphatic hydroxyl groups is 1. The van der Waals surface area contributed by atoms with Gasteiger partial charge in [-0.05, 0) is 12.1 Å². The number of carbonyl (C=O) groups is 1. The van der Waals surface area contributed by atoms with Crippen LogP contribution in [-0.2, 0) is 11.3 Å². The highest BCUT2D eigenvalue weighted by atomic mass is 16.5. The van der Waals surface area contributed by atoms with Crippen molar-refractivity contribution in [3.63, 3.8) is 0 Å². The molecule has 1 N–H and O–H groups in total. The van der Waals surface area contributed by atoms with Crippen LogP contribution in [0.1, 0.15) is 15.9 Å². The van der Waals surface area contributed by atoms with Gasteiger partial charge >= 0.3 is 5.97 Å². The molecule has 0 saturated carbocycles. The van der Waals surface area contributed by atoms with Crippen molar-refractivity contribution in [2.45, 2.75) is 6.61 Å². The average Bonchev–Trinajstić information content (AvgIpc) is 2.90. The largest absolute Gasteiger partial charge is 0.496 e. The summed E-state index contributed by atoms with van der Waals surface area (Å²) in [4.78, 5) is 11.7. The van der Waals surface area contributed by atoms with Crippen molar-refractivity contribution < 1.29 is 33.6 Å². The first kappa shape index (κ1) is 24.7. The summed E-state index contributed by atoms with van der Waals surface area (Å²) in [6, 6.07) is 18.8. The quantitative estimate of drug-likeness (QED) is 0.402. The lowest BCUT2D eigenvalue weighted by atomic mass is 10.0. The van der Waals surface area contributed by atoms with Crippen LogP contribution < -0.4 is 18.9 Å². The minimum atomic E-state index is -0.448. The highest BCUT2D eigenvalue weighted by Gasteiger charge is 2.19. The molecular formula is C27H28O7. The Balaban J connectivity index is 0.000000192. The fraction of sp³-hybridized carbons (Fsp3) is 0.222. The number of benzene rings is 4. The Morgan fingerprint density at radius 3 is 1.59 bits per heavy atom. The van der Waals surface area contributed by atoms with Gasteiger partial charge in [0.05, 0.1) is 42.2 Å². The van der Waals surface area contributed by atoms with Gasteiger partial charge in [0.1, 0.15) is 28.6 Å². The number of methoxy groups -OCH3 is 5.